The number of piperidine rings is 1. The predicted octanol–water partition coefficient (Wildman–Crippen LogP) is 0.799. The zero-order valence-corrected chi connectivity index (χ0v) is 13.5. The second kappa shape index (κ2) is 6.77. The lowest BCUT2D eigenvalue weighted by molar-refractivity contribution is -0.137. The SMILES string of the molecule is C#CCCC(=O)Nc1ccc2c(c1)CN(C1CCC(=O)NC1=O)C2=O. The summed E-state index contributed by atoms with van der Waals surface area (Å²) in [5, 5.41) is 5.01. The van der Waals surface area contributed by atoms with E-state index in [1.165, 1.54) is 4.90 Å². The van der Waals surface area contributed by atoms with E-state index in [9.17, 15) is 19.2 Å². The second-order valence-corrected chi connectivity index (χ2v) is 6.02. The van der Waals surface area contributed by atoms with Crippen molar-refractivity contribution in [3.05, 3.63) is 29.3 Å². The minimum absolute atomic E-state index is 0.191. The van der Waals surface area contributed by atoms with Gasteiger partial charge in [0.15, 0.2) is 0 Å². The van der Waals surface area contributed by atoms with Gasteiger partial charge in [0.05, 0.1) is 0 Å². The fourth-order valence-corrected chi connectivity index (χ4v) is 3.06. The van der Waals surface area contributed by atoms with E-state index < -0.39 is 11.9 Å². The smallest absolute Gasteiger partial charge is 0.255 e. The molecule has 1 saturated heterocycles. The Labute approximate surface area is 144 Å². The number of carbonyl (C=O) groups is 4. The molecule has 1 aromatic rings. The summed E-state index contributed by atoms with van der Waals surface area (Å²) in [5.74, 6) is 1.21. The van der Waals surface area contributed by atoms with Crippen molar-refractivity contribution < 1.29 is 19.2 Å². The van der Waals surface area contributed by atoms with Crippen LogP contribution in [0.3, 0.4) is 0 Å². The minimum atomic E-state index is -0.647. The monoisotopic (exact) mass is 339 g/mol. The summed E-state index contributed by atoms with van der Waals surface area (Å²) in [5.41, 5.74) is 1.83. The van der Waals surface area contributed by atoms with Crippen molar-refractivity contribution in [3.8, 4) is 12.3 Å². The molecule has 128 valence electrons. The van der Waals surface area contributed by atoms with Gasteiger partial charge in [-0.2, -0.15) is 0 Å². The lowest BCUT2D eigenvalue weighted by atomic mass is 10.0. The highest BCUT2D eigenvalue weighted by Crippen LogP contribution is 2.29. The molecule has 0 radical (unpaired) electrons. The highest BCUT2D eigenvalue weighted by Gasteiger charge is 2.39. The molecule has 1 atom stereocenters. The number of nitrogens with zero attached hydrogens (tertiary/aromatic N) is 1. The number of fused-ring (bicyclic) bond motifs is 1. The third kappa shape index (κ3) is 3.38. The number of benzene rings is 1. The van der Waals surface area contributed by atoms with Crippen LogP contribution in [0.2, 0.25) is 0 Å². The first-order chi connectivity index (χ1) is 12.0. The number of hydrogen-bond donors (Lipinski definition) is 2. The molecule has 0 saturated carbocycles. The van der Waals surface area contributed by atoms with Crippen molar-refractivity contribution in [1.29, 1.82) is 0 Å². The van der Waals surface area contributed by atoms with Crippen LogP contribution in [0.5, 0.6) is 0 Å². The van der Waals surface area contributed by atoms with E-state index >= 15 is 0 Å². The fourth-order valence-electron chi connectivity index (χ4n) is 3.06. The Hall–Kier alpha value is -3.14. The fraction of sp³-hybridized carbons (Fsp3) is 0.333. The zero-order valence-electron chi connectivity index (χ0n) is 13.5. The molecule has 2 aliphatic heterocycles. The summed E-state index contributed by atoms with van der Waals surface area (Å²) >= 11 is 0. The van der Waals surface area contributed by atoms with Crippen LogP contribution >= 0.6 is 0 Å². The van der Waals surface area contributed by atoms with Gasteiger partial charge in [0.25, 0.3) is 5.91 Å². The van der Waals surface area contributed by atoms with Gasteiger partial charge in [-0.25, -0.2) is 0 Å². The van der Waals surface area contributed by atoms with Gasteiger partial charge in [-0.1, -0.05) is 0 Å². The van der Waals surface area contributed by atoms with Gasteiger partial charge >= 0.3 is 0 Å². The van der Waals surface area contributed by atoms with Crippen LogP contribution in [-0.4, -0.2) is 34.6 Å². The molecule has 2 heterocycles. The Morgan fingerprint density at radius 3 is 2.88 bits per heavy atom. The Morgan fingerprint density at radius 1 is 1.36 bits per heavy atom. The van der Waals surface area contributed by atoms with Crippen LogP contribution in [0.4, 0.5) is 5.69 Å². The van der Waals surface area contributed by atoms with E-state index in [0.29, 0.717) is 24.1 Å². The molecule has 7 heteroatoms. The molecule has 2 aliphatic rings. The van der Waals surface area contributed by atoms with E-state index in [1.54, 1.807) is 18.2 Å². The number of amides is 4. The maximum atomic E-state index is 12.5. The number of hydrogen-bond acceptors (Lipinski definition) is 4. The Bertz CT molecular complexity index is 809. The second-order valence-electron chi connectivity index (χ2n) is 6.02. The molecule has 1 fully saturated rings. The number of nitrogens with one attached hydrogen (secondary N) is 2. The molecule has 4 amide bonds. The zero-order chi connectivity index (χ0) is 18.0. The Balaban J connectivity index is 1.73. The van der Waals surface area contributed by atoms with Gasteiger partial charge in [-0.05, 0) is 30.2 Å². The van der Waals surface area contributed by atoms with Crippen molar-refractivity contribution in [1.82, 2.24) is 10.2 Å². The molecular formula is C18H17N3O4. The van der Waals surface area contributed by atoms with E-state index in [1.807, 2.05) is 0 Å². The molecule has 0 spiro atoms. The van der Waals surface area contributed by atoms with Crippen LogP contribution < -0.4 is 10.6 Å². The van der Waals surface area contributed by atoms with Gasteiger partial charge in [-0.3, -0.25) is 24.5 Å². The van der Waals surface area contributed by atoms with E-state index in [0.717, 1.165) is 5.56 Å². The topological polar surface area (TPSA) is 95.6 Å². The summed E-state index contributed by atoms with van der Waals surface area (Å²) < 4.78 is 0. The lowest BCUT2D eigenvalue weighted by Gasteiger charge is -2.29. The van der Waals surface area contributed by atoms with Gasteiger partial charge in [-0.15, -0.1) is 12.3 Å². The maximum Gasteiger partial charge on any atom is 0.255 e. The normalized spacial score (nSPS) is 19.2. The molecule has 2 N–H and O–H groups in total. The third-order valence-corrected chi connectivity index (χ3v) is 4.30. The third-order valence-electron chi connectivity index (χ3n) is 4.30. The van der Waals surface area contributed by atoms with Crippen molar-refractivity contribution in [2.24, 2.45) is 0 Å². The molecular weight excluding hydrogens is 322 g/mol. The number of anilines is 1. The molecule has 25 heavy (non-hydrogen) atoms. The highest BCUT2D eigenvalue weighted by molar-refractivity contribution is 6.05. The van der Waals surface area contributed by atoms with Gasteiger partial charge in [0.2, 0.25) is 17.7 Å². The summed E-state index contributed by atoms with van der Waals surface area (Å²) in [6, 6.07) is 4.37. The average molecular weight is 339 g/mol. The van der Waals surface area contributed by atoms with Gasteiger partial charge in [0, 0.05) is 37.1 Å². The lowest BCUT2D eigenvalue weighted by Crippen LogP contribution is -2.52. The van der Waals surface area contributed by atoms with Crippen molar-refractivity contribution in [3.63, 3.8) is 0 Å². The van der Waals surface area contributed by atoms with Gasteiger partial charge < -0.3 is 10.2 Å². The van der Waals surface area contributed by atoms with Crippen molar-refractivity contribution in [2.45, 2.75) is 38.3 Å². The standard InChI is InChI=1S/C18H17N3O4/c1-2-3-4-15(22)19-12-5-6-13-11(9-12)10-21(18(13)25)14-7-8-16(23)20-17(14)24/h1,5-6,9,14H,3-4,7-8,10H2,(H,19,22)(H,20,23,24). The first-order valence-corrected chi connectivity index (χ1v) is 8.00. The Kier molecular flexibility index (Phi) is 4.52. The number of rotatable bonds is 4. The summed E-state index contributed by atoms with van der Waals surface area (Å²) in [4.78, 5) is 49.0. The summed E-state index contributed by atoms with van der Waals surface area (Å²) in [6.07, 6.45) is 6.26. The molecule has 1 unspecified atom stereocenters. The first kappa shape index (κ1) is 16.7. The van der Waals surface area contributed by atoms with Crippen LogP contribution in [0.15, 0.2) is 18.2 Å². The quantitative estimate of drug-likeness (QED) is 0.626. The molecule has 0 aliphatic carbocycles. The molecule has 7 nitrogen and oxygen atoms in total. The van der Waals surface area contributed by atoms with E-state index in [-0.39, 0.29) is 37.1 Å². The van der Waals surface area contributed by atoms with E-state index in [2.05, 4.69) is 16.6 Å². The number of carbonyl (C=O) groups excluding carboxylic acids is 4. The summed E-state index contributed by atoms with van der Waals surface area (Å²) in [6.45, 7) is 0.272. The maximum absolute atomic E-state index is 12.5. The number of imide groups is 1. The van der Waals surface area contributed by atoms with Crippen LogP contribution in [-0.2, 0) is 20.9 Å². The molecule has 0 bridgehead atoms. The molecule has 0 aromatic heterocycles. The average Bonchev–Trinajstić information content (AvgIpc) is 2.89. The van der Waals surface area contributed by atoms with E-state index in [4.69, 9.17) is 6.42 Å². The summed E-state index contributed by atoms with van der Waals surface area (Å²) in [7, 11) is 0. The first-order valence-electron chi connectivity index (χ1n) is 8.00. The van der Waals surface area contributed by atoms with Crippen LogP contribution in [0.1, 0.15) is 41.6 Å². The molecule has 1 aromatic carbocycles. The van der Waals surface area contributed by atoms with Crippen LogP contribution in [0, 0.1) is 12.3 Å². The van der Waals surface area contributed by atoms with Crippen molar-refractivity contribution in [2.75, 3.05) is 5.32 Å². The van der Waals surface area contributed by atoms with Crippen molar-refractivity contribution >= 4 is 29.3 Å². The van der Waals surface area contributed by atoms with Crippen LogP contribution in [0.25, 0.3) is 0 Å². The Morgan fingerprint density at radius 2 is 2.16 bits per heavy atom. The minimum Gasteiger partial charge on any atom is -0.326 e. The largest absolute Gasteiger partial charge is 0.326 e. The predicted molar refractivity (Wildman–Crippen MR) is 89.2 cm³/mol. The number of terminal acetylenes is 1. The highest BCUT2D eigenvalue weighted by atomic mass is 16.2. The molecule has 3 rings (SSSR count). The van der Waals surface area contributed by atoms with Gasteiger partial charge in [0.1, 0.15) is 6.04 Å².